The molecule has 1 unspecified atom stereocenters. The summed E-state index contributed by atoms with van der Waals surface area (Å²) >= 11 is 11.6. The van der Waals surface area contributed by atoms with Gasteiger partial charge in [0.05, 0.1) is 0 Å². The zero-order chi connectivity index (χ0) is 19.3. The maximum Gasteiger partial charge on any atom is 0.408 e. The Morgan fingerprint density at radius 2 is 1.69 bits per heavy atom. The van der Waals surface area contributed by atoms with Gasteiger partial charge in [-0.15, -0.1) is 0 Å². The fourth-order valence-corrected chi connectivity index (χ4v) is 2.67. The first kappa shape index (κ1) is 19.9. The minimum absolute atomic E-state index is 0.0122. The number of hydrogen-bond acceptors (Lipinski definition) is 3. The van der Waals surface area contributed by atoms with Crippen molar-refractivity contribution >= 4 is 35.3 Å². The van der Waals surface area contributed by atoms with Gasteiger partial charge in [-0.1, -0.05) is 53.5 Å². The monoisotopic (exact) mass is 403 g/mol. The highest BCUT2D eigenvalue weighted by molar-refractivity contribution is 6.34. The van der Waals surface area contributed by atoms with Gasteiger partial charge in [0.15, 0.2) is 0 Å². The van der Waals surface area contributed by atoms with Crippen LogP contribution in [0.3, 0.4) is 0 Å². The molecule has 0 heterocycles. The average molecular weight is 404 g/mol. The normalized spacial score (nSPS) is 12.3. The summed E-state index contributed by atoms with van der Waals surface area (Å²) in [6.45, 7) is -0.172. The summed E-state index contributed by atoms with van der Waals surface area (Å²) < 4.78 is 33.1. The molecule has 9 heteroatoms. The van der Waals surface area contributed by atoms with Crippen molar-refractivity contribution in [1.82, 2.24) is 5.32 Å². The van der Waals surface area contributed by atoms with E-state index < -0.39 is 24.0 Å². The topological polar surface area (TPSA) is 75.6 Å². The molecule has 0 radical (unpaired) electrons. The predicted octanol–water partition coefficient (Wildman–Crippen LogP) is 4.68. The summed E-state index contributed by atoms with van der Waals surface area (Å²) in [5.41, 5.74) is 0.363. The molecular formula is C17H13Cl2F2NO4. The lowest BCUT2D eigenvalue weighted by molar-refractivity contribution is -0.169. The van der Waals surface area contributed by atoms with E-state index in [1.165, 1.54) is 6.07 Å². The van der Waals surface area contributed by atoms with E-state index in [2.05, 4.69) is 0 Å². The molecule has 26 heavy (non-hydrogen) atoms. The van der Waals surface area contributed by atoms with Crippen LogP contribution < -0.4 is 5.32 Å². The first-order chi connectivity index (χ1) is 12.2. The lowest BCUT2D eigenvalue weighted by Gasteiger charge is -2.25. The van der Waals surface area contributed by atoms with E-state index in [1.54, 1.807) is 30.3 Å². The second-order valence-electron chi connectivity index (χ2n) is 5.27. The largest absolute Gasteiger partial charge is 0.477 e. The number of alkyl halides is 2. The molecule has 0 saturated heterocycles. The van der Waals surface area contributed by atoms with Gasteiger partial charge in [-0.2, -0.15) is 8.78 Å². The quantitative estimate of drug-likeness (QED) is 0.733. The number of amides is 1. The van der Waals surface area contributed by atoms with Gasteiger partial charge < -0.3 is 15.2 Å². The van der Waals surface area contributed by atoms with E-state index in [0.717, 1.165) is 12.1 Å². The predicted molar refractivity (Wildman–Crippen MR) is 91.5 cm³/mol. The van der Waals surface area contributed by atoms with Gasteiger partial charge in [-0.25, -0.2) is 9.59 Å². The summed E-state index contributed by atoms with van der Waals surface area (Å²) in [6.07, 6.45) is -1.21. The Kier molecular flexibility index (Phi) is 6.39. The van der Waals surface area contributed by atoms with Crippen LogP contribution in [0.15, 0.2) is 48.5 Å². The molecule has 5 nitrogen and oxygen atoms in total. The van der Waals surface area contributed by atoms with E-state index in [-0.39, 0.29) is 22.2 Å². The van der Waals surface area contributed by atoms with Gasteiger partial charge in [-0.3, -0.25) is 0 Å². The van der Waals surface area contributed by atoms with E-state index >= 15 is 0 Å². The molecule has 0 aliphatic carbocycles. The molecule has 2 aromatic carbocycles. The van der Waals surface area contributed by atoms with Gasteiger partial charge in [0.2, 0.25) is 0 Å². The zero-order valence-electron chi connectivity index (χ0n) is 13.1. The van der Waals surface area contributed by atoms with Gasteiger partial charge >= 0.3 is 18.0 Å². The van der Waals surface area contributed by atoms with Crippen molar-refractivity contribution in [3.05, 3.63) is 69.7 Å². The molecule has 1 atom stereocenters. The Morgan fingerprint density at radius 3 is 2.23 bits per heavy atom. The Morgan fingerprint density at radius 1 is 1.12 bits per heavy atom. The van der Waals surface area contributed by atoms with Gasteiger partial charge in [-0.05, 0) is 29.3 Å². The number of carboxylic acids is 1. The van der Waals surface area contributed by atoms with Crippen LogP contribution in [0, 0.1) is 0 Å². The third-order valence-electron chi connectivity index (χ3n) is 3.34. The number of carboxylic acid groups (broad SMARTS) is 1. The number of alkyl carbamates (subject to hydrolysis) is 1. The number of rotatable bonds is 6. The minimum Gasteiger partial charge on any atom is -0.477 e. The molecule has 0 bridgehead atoms. The molecule has 2 rings (SSSR count). The highest BCUT2D eigenvalue weighted by atomic mass is 35.5. The van der Waals surface area contributed by atoms with Crippen molar-refractivity contribution in [2.45, 2.75) is 18.6 Å². The fourth-order valence-electron chi connectivity index (χ4n) is 2.13. The first-order valence-corrected chi connectivity index (χ1v) is 8.00. The SMILES string of the molecule is O=C(NC(c1cc(Cl)cc(Cl)c1)C(F)(F)C(=O)O)OCc1ccccc1. The van der Waals surface area contributed by atoms with Crippen LogP contribution in [0.2, 0.25) is 10.0 Å². The number of hydrogen-bond donors (Lipinski definition) is 2. The summed E-state index contributed by atoms with van der Waals surface area (Å²) in [5, 5.41) is 10.7. The average Bonchev–Trinajstić information content (AvgIpc) is 2.57. The molecule has 2 aromatic rings. The molecule has 2 N–H and O–H groups in total. The van der Waals surface area contributed by atoms with Gasteiger partial charge in [0, 0.05) is 10.0 Å². The Labute approximate surface area is 157 Å². The summed E-state index contributed by atoms with van der Waals surface area (Å²) in [4.78, 5) is 22.9. The molecule has 0 aliphatic heterocycles. The highest BCUT2D eigenvalue weighted by Gasteiger charge is 2.49. The zero-order valence-corrected chi connectivity index (χ0v) is 14.6. The smallest absolute Gasteiger partial charge is 0.408 e. The molecule has 0 spiro atoms. The third-order valence-corrected chi connectivity index (χ3v) is 3.78. The van der Waals surface area contributed by atoms with Crippen molar-refractivity contribution in [3.63, 3.8) is 0 Å². The van der Waals surface area contributed by atoms with Crippen LogP contribution >= 0.6 is 23.2 Å². The first-order valence-electron chi connectivity index (χ1n) is 7.24. The van der Waals surface area contributed by atoms with Crippen molar-refractivity contribution in [3.8, 4) is 0 Å². The second kappa shape index (κ2) is 8.33. The van der Waals surface area contributed by atoms with E-state index in [4.69, 9.17) is 33.0 Å². The molecular weight excluding hydrogens is 391 g/mol. The van der Waals surface area contributed by atoms with Crippen LogP contribution in [-0.2, 0) is 16.1 Å². The molecule has 0 saturated carbocycles. The lowest BCUT2D eigenvalue weighted by atomic mass is 10.0. The number of ether oxygens (including phenoxy) is 1. The molecule has 0 aromatic heterocycles. The number of carbonyl (C=O) groups is 2. The number of aliphatic carboxylic acids is 1. The summed E-state index contributed by atoms with van der Waals surface area (Å²) in [6, 6.07) is 9.78. The van der Waals surface area contributed by atoms with Crippen LogP contribution in [0.4, 0.5) is 13.6 Å². The van der Waals surface area contributed by atoms with Crippen LogP contribution in [0.1, 0.15) is 17.2 Å². The minimum atomic E-state index is -4.32. The number of nitrogens with one attached hydrogen (secondary N) is 1. The highest BCUT2D eigenvalue weighted by Crippen LogP contribution is 2.34. The lowest BCUT2D eigenvalue weighted by Crippen LogP contribution is -2.45. The number of benzene rings is 2. The van der Waals surface area contributed by atoms with Crippen LogP contribution in [-0.4, -0.2) is 23.1 Å². The van der Waals surface area contributed by atoms with E-state index in [9.17, 15) is 18.4 Å². The maximum absolute atomic E-state index is 14.1. The molecule has 0 fully saturated rings. The van der Waals surface area contributed by atoms with Crippen molar-refractivity contribution in [2.24, 2.45) is 0 Å². The van der Waals surface area contributed by atoms with Gasteiger partial charge in [0.25, 0.3) is 0 Å². The standard InChI is InChI=1S/C17H13Cl2F2NO4/c18-12-6-11(7-13(19)8-12)14(17(20,21)15(23)24)22-16(25)26-9-10-4-2-1-3-5-10/h1-8,14H,9H2,(H,22,25)(H,23,24). The Hall–Kier alpha value is -2.38. The maximum atomic E-state index is 14.1. The summed E-state index contributed by atoms with van der Waals surface area (Å²) in [5.74, 6) is -6.73. The Balaban J connectivity index is 2.21. The molecule has 1 amide bonds. The van der Waals surface area contributed by atoms with Crippen LogP contribution in [0.25, 0.3) is 0 Å². The van der Waals surface area contributed by atoms with E-state index in [1.807, 2.05) is 5.32 Å². The second-order valence-corrected chi connectivity index (χ2v) is 6.14. The van der Waals surface area contributed by atoms with Crippen molar-refractivity contribution in [1.29, 1.82) is 0 Å². The van der Waals surface area contributed by atoms with E-state index in [0.29, 0.717) is 5.56 Å². The number of halogens is 4. The molecule has 0 aliphatic rings. The molecule has 138 valence electrons. The van der Waals surface area contributed by atoms with Crippen molar-refractivity contribution < 1.29 is 28.2 Å². The Bertz CT molecular complexity index is 782. The third kappa shape index (κ3) is 5.06. The summed E-state index contributed by atoms with van der Waals surface area (Å²) in [7, 11) is 0. The van der Waals surface area contributed by atoms with Crippen LogP contribution in [0.5, 0.6) is 0 Å². The number of carbonyl (C=O) groups excluding carboxylic acids is 1. The van der Waals surface area contributed by atoms with Crippen molar-refractivity contribution in [2.75, 3.05) is 0 Å². The van der Waals surface area contributed by atoms with Gasteiger partial charge in [0.1, 0.15) is 12.6 Å². The fraction of sp³-hybridized carbons (Fsp3) is 0.176.